The first-order valence-electron chi connectivity index (χ1n) is 6.45. The Kier molecular flexibility index (Phi) is 4.92. The van der Waals surface area contributed by atoms with Gasteiger partial charge in [-0.05, 0) is 16.8 Å². The SMILES string of the molecule is NC(=O)COc1ccc2ccccc2c1CNCCO. The number of ether oxygens (including phenoxy) is 1. The van der Waals surface area contributed by atoms with E-state index in [-0.39, 0.29) is 13.2 Å². The second kappa shape index (κ2) is 6.88. The van der Waals surface area contributed by atoms with E-state index in [1.165, 1.54) is 0 Å². The Hall–Kier alpha value is -2.11. The van der Waals surface area contributed by atoms with Crippen molar-refractivity contribution in [1.82, 2.24) is 5.32 Å². The minimum Gasteiger partial charge on any atom is -0.483 e. The van der Waals surface area contributed by atoms with Gasteiger partial charge in [-0.25, -0.2) is 0 Å². The zero-order valence-electron chi connectivity index (χ0n) is 11.1. The van der Waals surface area contributed by atoms with Crippen molar-refractivity contribution in [3.8, 4) is 5.75 Å². The van der Waals surface area contributed by atoms with Crippen molar-refractivity contribution in [2.75, 3.05) is 19.8 Å². The maximum atomic E-state index is 10.9. The van der Waals surface area contributed by atoms with Gasteiger partial charge in [0.15, 0.2) is 6.61 Å². The fourth-order valence-electron chi connectivity index (χ4n) is 2.07. The first-order chi connectivity index (χ1) is 9.72. The van der Waals surface area contributed by atoms with Crippen LogP contribution in [0.3, 0.4) is 0 Å². The second-order valence-corrected chi connectivity index (χ2v) is 4.42. The molecule has 1 amide bonds. The van der Waals surface area contributed by atoms with Gasteiger partial charge in [0.2, 0.25) is 0 Å². The molecular weight excluding hydrogens is 256 g/mol. The van der Waals surface area contributed by atoms with E-state index >= 15 is 0 Å². The van der Waals surface area contributed by atoms with E-state index in [0.717, 1.165) is 16.3 Å². The van der Waals surface area contributed by atoms with Crippen molar-refractivity contribution in [2.45, 2.75) is 6.54 Å². The maximum Gasteiger partial charge on any atom is 0.255 e. The summed E-state index contributed by atoms with van der Waals surface area (Å²) in [7, 11) is 0. The van der Waals surface area contributed by atoms with Gasteiger partial charge in [-0.3, -0.25) is 4.79 Å². The van der Waals surface area contributed by atoms with Gasteiger partial charge in [0.05, 0.1) is 6.61 Å². The van der Waals surface area contributed by atoms with Gasteiger partial charge in [-0.2, -0.15) is 0 Å². The van der Waals surface area contributed by atoms with E-state index in [4.69, 9.17) is 15.6 Å². The minimum atomic E-state index is -0.507. The Morgan fingerprint density at radius 2 is 2.05 bits per heavy atom. The zero-order chi connectivity index (χ0) is 14.4. The first-order valence-corrected chi connectivity index (χ1v) is 6.45. The van der Waals surface area contributed by atoms with Crippen LogP contribution in [0.25, 0.3) is 10.8 Å². The quantitative estimate of drug-likeness (QED) is 0.652. The lowest BCUT2D eigenvalue weighted by atomic mass is 10.0. The summed E-state index contributed by atoms with van der Waals surface area (Å²) in [5.41, 5.74) is 6.07. The van der Waals surface area contributed by atoms with E-state index in [0.29, 0.717) is 18.8 Å². The van der Waals surface area contributed by atoms with Gasteiger partial charge in [-0.1, -0.05) is 30.3 Å². The van der Waals surface area contributed by atoms with Crippen LogP contribution in [0.2, 0.25) is 0 Å². The number of fused-ring (bicyclic) bond motifs is 1. The highest BCUT2D eigenvalue weighted by atomic mass is 16.5. The number of aliphatic hydroxyl groups excluding tert-OH is 1. The number of nitrogens with one attached hydrogen (secondary N) is 1. The van der Waals surface area contributed by atoms with Crippen LogP contribution < -0.4 is 15.8 Å². The molecule has 5 nitrogen and oxygen atoms in total. The highest BCUT2D eigenvalue weighted by Crippen LogP contribution is 2.28. The summed E-state index contributed by atoms with van der Waals surface area (Å²) in [4.78, 5) is 10.9. The molecule has 0 radical (unpaired) electrons. The average Bonchev–Trinajstić information content (AvgIpc) is 2.46. The van der Waals surface area contributed by atoms with Gasteiger partial charge in [-0.15, -0.1) is 0 Å². The van der Waals surface area contributed by atoms with Crippen molar-refractivity contribution >= 4 is 16.7 Å². The molecule has 0 spiro atoms. The molecule has 2 rings (SSSR count). The third-order valence-corrected chi connectivity index (χ3v) is 2.96. The van der Waals surface area contributed by atoms with Gasteiger partial charge in [0.1, 0.15) is 5.75 Å². The predicted octanol–water partition coefficient (Wildman–Crippen LogP) is 0.786. The van der Waals surface area contributed by atoms with Gasteiger partial charge in [0, 0.05) is 18.7 Å². The van der Waals surface area contributed by atoms with Crippen molar-refractivity contribution in [1.29, 1.82) is 0 Å². The van der Waals surface area contributed by atoms with Crippen LogP contribution in [-0.4, -0.2) is 30.8 Å². The lowest BCUT2D eigenvalue weighted by Crippen LogP contribution is -2.22. The highest BCUT2D eigenvalue weighted by Gasteiger charge is 2.09. The summed E-state index contributed by atoms with van der Waals surface area (Å²) >= 11 is 0. The molecule has 0 aromatic heterocycles. The molecule has 0 heterocycles. The molecule has 20 heavy (non-hydrogen) atoms. The first kappa shape index (κ1) is 14.3. The standard InChI is InChI=1S/C15H18N2O3/c16-15(19)10-20-14-6-5-11-3-1-2-4-12(11)13(14)9-17-7-8-18/h1-6,17-18H,7-10H2,(H2,16,19). The summed E-state index contributed by atoms with van der Waals surface area (Å²) in [6.45, 7) is 0.974. The Balaban J connectivity index is 2.33. The third-order valence-electron chi connectivity index (χ3n) is 2.96. The number of hydrogen-bond donors (Lipinski definition) is 3. The van der Waals surface area contributed by atoms with Gasteiger partial charge < -0.3 is 20.9 Å². The predicted molar refractivity (Wildman–Crippen MR) is 77.4 cm³/mol. The summed E-state index contributed by atoms with van der Waals surface area (Å²) in [6.07, 6.45) is 0. The van der Waals surface area contributed by atoms with E-state index in [2.05, 4.69) is 5.32 Å². The Morgan fingerprint density at radius 1 is 1.25 bits per heavy atom. The molecule has 0 fully saturated rings. The Bertz CT molecular complexity index is 599. The molecule has 2 aromatic carbocycles. The normalized spacial score (nSPS) is 10.7. The van der Waals surface area contributed by atoms with Crippen molar-refractivity contribution < 1.29 is 14.6 Å². The van der Waals surface area contributed by atoms with E-state index in [1.54, 1.807) is 0 Å². The molecule has 0 bridgehead atoms. The number of carbonyl (C=O) groups is 1. The van der Waals surface area contributed by atoms with E-state index in [1.807, 2.05) is 36.4 Å². The number of benzene rings is 2. The van der Waals surface area contributed by atoms with Crippen LogP contribution in [0.15, 0.2) is 36.4 Å². The van der Waals surface area contributed by atoms with Gasteiger partial charge in [0.25, 0.3) is 5.91 Å². The molecular formula is C15H18N2O3. The third kappa shape index (κ3) is 3.46. The van der Waals surface area contributed by atoms with Gasteiger partial charge >= 0.3 is 0 Å². The molecule has 0 aliphatic rings. The summed E-state index contributed by atoms with van der Waals surface area (Å²) < 4.78 is 5.46. The average molecular weight is 274 g/mol. The Morgan fingerprint density at radius 3 is 2.80 bits per heavy atom. The fourth-order valence-corrected chi connectivity index (χ4v) is 2.07. The van der Waals surface area contributed by atoms with E-state index in [9.17, 15) is 4.79 Å². The number of hydrogen-bond acceptors (Lipinski definition) is 4. The van der Waals surface area contributed by atoms with Crippen molar-refractivity contribution in [2.24, 2.45) is 5.73 Å². The molecule has 0 saturated carbocycles. The van der Waals surface area contributed by atoms with Crippen LogP contribution in [-0.2, 0) is 11.3 Å². The van der Waals surface area contributed by atoms with Crippen LogP contribution >= 0.6 is 0 Å². The monoisotopic (exact) mass is 274 g/mol. The second-order valence-electron chi connectivity index (χ2n) is 4.42. The fraction of sp³-hybridized carbons (Fsp3) is 0.267. The van der Waals surface area contributed by atoms with Crippen LogP contribution in [0.5, 0.6) is 5.75 Å². The minimum absolute atomic E-state index is 0.0717. The topological polar surface area (TPSA) is 84.6 Å². The summed E-state index contributed by atoms with van der Waals surface area (Å²) in [5, 5.41) is 14.1. The largest absolute Gasteiger partial charge is 0.483 e. The number of aliphatic hydroxyl groups is 1. The van der Waals surface area contributed by atoms with Crippen molar-refractivity contribution in [3.63, 3.8) is 0 Å². The number of carbonyl (C=O) groups excluding carboxylic acids is 1. The number of nitrogens with two attached hydrogens (primary N) is 1. The molecule has 0 atom stereocenters. The molecule has 4 N–H and O–H groups in total. The lowest BCUT2D eigenvalue weighted by Gasteiger charge is -2.14. The molecule has 2 aromatic rings. The van der Waals surface area contributed by atoms with Crippen LogP contribution in [0, 0.1) is 0 Å². The Labute approximate surface area is 117 Å². The molecule has 0 saturated heterocycles. The zero-order valence-corrected chi connectivity index (χ0v) is 11.1. The molecule has 0 unspecified atom stereocenters. The smallest absolute Gasteiger partial charge is 0.255 e. The molecule has 0 aliphatic heterocycles. The number of rotatable bonds is 7. The van der Waals surface area contributed by atoms with Crippen LogP contribution in [0.1, 0.15) is 5.56 Å². The maximum absolute atomic E-state index is 10.9. The number of primary amides is 1. The molecule has 0 aliphatic carbocycles. The summed E-state index contributed by atoms with van der Waals surface area (Å²) in [6, 6.07) is 11.7. The molecule has 5 heteroatoms. The van der Waals surface area contributed by atoms with Crippen LogP contribution in [0.4, 0.5) is 0 Å². The summed E-state index contributed by atoms with van der Waals surface area (Å²) in [5.74, 6) is 0.125. The lowest BCUT2D eigenvalue weighted by molar-refractivity contribution is -0.119. The highest BCUT2D eigenvalue weighted by molar-refractivity contribution is 5.88. The molecule has 106 valence electrons. The number of amides is 1. The van der Waals surface area contributed by atoms with Crippen molar-refractivity contribution in [3.05, 3.63) is 42.0 Å². The van der Waals surface area contributed by atoms with E-state index < -0.39 is 5.91 Å².